The Morgan fingerprint density at radius 3 is 2.29 bits per heavy atom. The zero-order chi connectivity index (χ0) is 17.5. The minimum atomic E-state index is -0.0116. The lowest BCUT2D eigenvalue weighted by atomic mass is 10.2. The molecule has 128 valence electrons. The van der Waals surface area contributed by atoms with E-state index in [0.29, 0.717) is 30.4 Å². The van der Waals surface area contributed by atoms with E-state index in [0.717, 1.165) is 22.2 Å². The summed E-state index contributed by atoms with van der Waals surface area (Å²) in [5.74, 6) is 2.98. The number of hydrogen-bond donors (Lipinski definition) is 0. The number of rotatable bonds is 8. The highest BCUT2D eigenvalue weighted by atomic mass is 32.2. The van der Waals surface area contributed by atoms with Crippen LogP contribution in [0.4, 0.5) is 0 Å². The van der Waals surface area contributed by atoms with Crippen LogP contribution in [0, 0.1) is 13.8 Å². The van der Waals surface area contributed by atoms with E-state index in [-0.39, 0.29) is 5.78 Å². The van der Waals surface area contributed by atoms with E-state index < -0.39 is 0 Å². The Bertz CT molecular complexity index is 702. The fraction of sp³-hybridized carbons (Fsp3) is 0.389. The maximum Gasteiger partial charge on any atom is 0.164 e. The Kier molecular flexibility index (Phi) is 6.61. The topological polar surface area (TPSA) is 61.3 Å². The first-order valence-electron chi connectivity index (χ1n) is 7.86. The molecule has 2 rings (SSSR count). The summed E-state index contributed by atoms with van der Waals surface area (Å²) in [5, 5.41) is 0.725. The van der Waals surface area contributed by atoms with Crippen molar-refractivity contribution in [2.45, 2.75) is 32.7 Å². The van der Waals surface area contributed by atoms with Crippen molar-refractivity contribution in [3.05, 3.63) is 41.3 Å². The lowest BCUT2D eigenvalue weighted by Gasteiger charge is -2.10. The molecule has 0 radical (unpaired) electrons. The van der Waals surface area contributed by atoms with Gasteiger partial charge in [-0.1, -0.05) is 0 Å². The summed E-state index contributed by atoms with van der Waals surface area (Å²) in [4.78, 5) is 20.5. The fourth-order valence-corrected chi connectivity index (χ4v) is 3.28. The van der Waals surface area contributed by atoms with Crippen LogP contribution in [0.25, 0.3) is 0 Å². The van der Waals surface area contributed by atoms with Gasteiger partial charge < -0.3 is 9.47 Å². The molecule has 0 aliphatic carbocycles. The first-order chi connectivity index (χ1) is 11.5. The summed E-state index contributed by atoms with van der Waals surface area (Å²) in [7, 11) is 0. The summed E-state index contributed by atoms with van der Waals surface area (Å²) >= 11 is 1.51. The van der Waals surface area contributed by atoms with Gasteiger partial charge >= 0.3 is 0 Å². The van der Waals surface area contributed by atoms with Crippen molar-refractivity contribution in [1.82, 2.24) is 9.97 Å². The van der Waals surface area contributed by atoms with Gasteiger partial charge in [0.1, 0.15) is 22.3 Å². The molecule has 0 bridgehead atoms. The number of ketones is 1. The Morgan fingerprint density at radius 2 is 1.71 bits per heavy atom. The molecule has 0 fully saturated rings. The van der Waals surface area contributed by atoms with Crippen molar-refractivity contribution >= 4 is 17.5 Å². The number of Topliss-reactive ketones (excluding diaryl/α,β-unsaturated/α-hetero) is 1. The summed E-state index contributed by atoms with van der Waals surface area (Å²) in [6.07, 6.45) is 0. The zero-order valence-corrected chi connectivity index (χ0v) is 15.3. The number of benzene rings is 1. The van der Waals surface area contributed by atoms with Gasteiger partial charge in [0.15, 0.2) is 5.78 Å². The van der Waals surface area contributed by atoms with Gasteiger partial charge in [-0.2, -0.15) is 0 Å². The van der Waals surface area contributed by atoms with E-state index in [1.165, 1.54) is 11.8 Å². The molecule has 2 aromatic rings. The van der Waals surface area contributed by atoms with Crippen molar-refractivity contribution in [2.75, 3.05) is 19.0 Å². The van der Waals surface area contributed by atoms with E-state index in [1.807, 2.05) is 45.0 Å². The first-order valence-corrected chi connectivity index (χ1v) is 8.84. The molecule has 0 unspecified atom stereocenters. The highest BCUT2D eigenvalue weighted by molar-refractivity contribution is 7.99. The smallest absolute Gasteiger partial charge is 0.164 e. The predicted octanol–water partition coefficient (Wildman–Crippen LogP) is 3.87. The highest BCUT2D eigenvalue weighted by Crippen LogP contribution is 2.24. The maximum atomic E-state index is 11.8. The molecular weight excluding hydrogens is 324 g/mol. The molecule has 0 amide bonds. The van der Waals surface area contributed by atoms with Gasteiger partial charge in [-0.3, -0.25) is 4.79 Å². The van der Waals surface area contributed by atoms with Crippen molar-refractivity contribution in [3.8, 4) is 11.5 Å². The zero-order valence-electron chi connectivity index (χ0n) is 14.5. The van der Waals surface area contributed by atoms with Crippen LogP contribution in [0.15, 0.2) is 29.3 Å². The van der Waals surface area contributed by atoms with Gasteiger partial charge in [-0.25, -0.2) is 9.97 Å². The standard InChI is InChI=1S/C18H22N2O3S/c1-5-22-15-6-8-16(9-7-15)23-10-11-24-18-17(13(3)21)12(2)19-14(4)20-18/h6-9H,5,10-11H2,1-4H3. The van der Waals surface area contributed by atoms with E-state index in [2.05, 4.69) is 9.97 Å². The SMILES string of the molecule is CCOc1ccc(OCCSc2nc(C)nc(C)c2C(C)=O)cc1. The number of nitrogens with zero attached hydrogens (tertiary/aromatic N) is 2. The largest absolute Gasteiger partial charge is 0.494 e. The van der Waals surface area contributed by atoms with Gasteiger partial charge in [0, 0.05) is 5.75 Å². The van der Waals surface area contributed by atoms with Crippen LogP contribution in [0.3, 0.4) is 0 Å². The summed E-state index contributed by atoms with van der Waals surface area (Å²) in [6, 6.07) is 7.54. The summed E-state index contributed by atoms with van der Waals surface area (Å²) in [5.41, 5.74) is 1.33. The van der Waals surface area contributed by atoms with Crippen LogP contribution >= 0.6 is 11.8 Å². The van der Waals surface area contributed by atoms with Crippen LogP contribution in [0.2, 0.25) is 0 Å². The van der Waals surface area contributed by atoms with Gasteiger partial charge in [0.2, 0.25) is 0 Å². The molecule has 24 heavy (non-hydrogen) atoms. The monoisotopic (exact) mass is 346 g/mol. The van der Waals surface area contributed by atoms with Gasteiger partial charge in [-0.15, -0.1) is 11.8 Å². The molecule has 0 saturated carbocycles. The molecule has 6 heteroatoms. The lowest BCUT2D eigenvalue weighted by molar-refractivity contribution is 0.101. The Hall–Kier alpha value is -2.08. The Morgan fingerprint density at radius 1 is 1.08 bits per heavy atom. The van der Waals surface area contributed by atoms with Crippen LogP contribution in [-0.2, 0) is 0 Å². The third-order valence-corrected chi connectivity index (χ3v) is 4.19. The van der Waals surface area contributed by atoms with Gasteiger partial charge in [0.25, 0.3) is 0 Å². The lowest BCUT2D eigenvalue weighted by Crippen LogP contribution is -2.08. The average Bonchev–Trinajstić information content (AvgIpc) is 2.52. The third-order valence-electron chi connectivity index (χ3n) is 3.25. The van der Waals surface area contributed by atoms with Crippen molar-refractivity contribution in [3.63, 3.8) is 0 Å². The van der Waals surface area contributed by atoms with Crippen LogP contribution in [0.5, 0.6) is 11.5 Å². The van der Waals surface area contributed by atoms with Gasteiger partial charge in [-0.05, 0) is 52.0 Å². The first kappa shape index (κ1) is 18.3. The van der Waals surface area contributed by atoms with Crippen LogP contribution in [0.1, 0.15) is 35.7 Å². The van der Waals surface area contributed by atoms with Crippen molar-refractivity contribution in [1.29, 1.82) is 0 Å². The minimum absolute atomic E-state index is 0.0116. The normalized spacial score (nSPS) is 10.5. The van der Waals surface area contributed by atoms with E-state index in [1.54, 1.807) is 6.92 Å². The van der Waals surface area contributed by atoms with E-state index >= 15 is 0 Å². The summed E-state index contributed by atoms with van der Waals surface area (Å²) in [6.45, 7) is 8.34. The van der Waals surface area contributed by atoms with Gasteiger partial charge in [0.05, 0.1) is 24.5 Å². The second kappa shape index (κ2) is 8.68. The molecule has 0 saturated heterocycles. The molecule has 5 nitrogen and oxygen atoms in total. The molecule has 0 N–H and O–H groups in total. The Labute approximate surface area is 146 Å². The highest BCUT2D eigenvalue weighted by Gasteiger charge is 2.14. The molecule has 0 aliphatic heterocycles. The fourth-order valence-electron chi connectivity index (χ4n) is 2.29. The third kappa shape index (κ3) is 4.96. The number of ether oxygens (including phenoxy) is 2. The Balaban J connectivity index is 1.91. The quantitative estimate of drug-likeness (QED) is 0.313. The number of hydrogen-bond acceptors (Lipinski definition) is 6. The molecule has 1 aromatic carbocycles. The minimum Gasteiger partial charge on any atom is -0.494 e. The number of carbonyl (C=O) groups excluding carboxylic acids is 1. The van der Waals surface area contributed by atoms with Crippen molar-refractivity contribution < 1.29 is 14.3 Å². The average molecular weight is 346 g/mol. The van der Waals surface area contributed by atoms with E-state index in [9.17, 15) is 4.79 Å². The number of thioether (sulfide) groups is 1. The number of aromatic nitrogens is 2. The molecule has 1 heterocycles. The molecule has 0 aliphatic rings. The van der Waals surface area contributed by atoms with E-state index in [4.69, 9.17) is 9.47 Å². The summed E-state index contributed by atoms with van der Waals surface area (Å²) < 4.78 is 11.1. The predicted molar refractivity (Wildman–Crippen MR) is 95.3 cm³/mol. The van der Waals surface area contributed by atoms with Crippen LogP contribution in [-0.4, -0.2) is 34.7 Å². The number of aryl methyl sites for hydroxylation is 2. The van der Waals surface area contributed by atoms with Crippen LogP contribution < -0.4 is 9.47 Å². The second-order valence-corrected chi connectivity index (χ2v) is 6.28. The molecule has 0 atom stereocenters. The second-order valence-electron chi connectivity index (χ2n) is 5.19. The maximum absolute atomic E-state index is 11.8. The molecule has 1 aromatic heterocycles. The molecular formula is C18H22N2O3S. The number of carbonyl (C=O) groups is 1. The molecule has 0 spiro atoms. The van der Waals surface area contributed by atoms with Crippen molar-refractivity contribution in [2.24, 2.45) is 0 Å².